The quantitative estimate of drug-likeness (QED) is 0.370. The Labute approximate surface area is 163 Å². The Morgan fingerprint density at radius 1 is 1.00 bits per heavy atom. The molecule has 1 saturated heterocycles. The first kappa shape index (κ1) is 21.2. The van der Waals surface area contributed by atoms with Crippen LogP contribution in [0.25, 0.3) is 0 Å². The number of hydrogen-bond donors (Lipinski definition) is 2. The fraction of sp³-hybridized carbons (Fsp3) is 0.650. The molecular formula is C20H34N4O3. The number of unbranched alkanes of at least 4 members (excludes halogenated alkanes) is 1. The Hall–Kier alpha value is -2.15. The molecule has 1 fully saturated rings. The monoisotopic (exact) mass is 378 g/mol. The Kier molecular flexibility index (Phi) is 9.04. The Morgan fingerprint density at radius 2 is 1.67 bits per heavy atom. The SMILES string of the molecule is CN=C(NCCCCN1CCCC1)NCc1cc(OC)c(OC)c(OC)c1. The number of ether oxygens (including phenoxy) is 3. The zero-order valence-corrected chi connectivity index (χ0v) is 17.1. The van der Waals surface area contributed by atoms with Gasteiger partial charge in [-0.15, -0.1) is 0 Å². The van der Waals surface area contributed by atoms with E-state index >= 15 is 0 Å². The summed E-state index contributed by atoms with van der Waals surface area (Å²) in [6, 6.07) is 3.88. The molecule has 27 heavy (non-hydrogen) atoms. The van der Waals surface area contributed by atoms with Gasteiger partial charge in [0.15, 0.2) is 17.5 Å². The summed E-state index contributed by atoms with van der Waals surface area (Å²) < 4.78 is 16.2. The highest BCUT2D eigenvalue weighted by molar-refractivity contribution is 5.79. The molecule has 1 aliphatic heterocycles. The van der Waals surface area contributed by atoms with E-state index in [1.54, 1.807) is 28.4 Å². The number of nitrogens with one attached hydrogen (secondary N) is 2. The minimum absolute atomic E-state index is 0.601. The highest BCUT2D eigenvalue weighted by Crippen LogP contribution is 2.38. The number of guanidine groups is 1. The molecular weight excluding hydrogens is 344 g/mol. The van der Waals surface area contributed by atoms with Crippen LogP contribution < -0.4 is 24.8 Å². The molecule has 0 aliphatic carbocycles. The molecule has 7 nitrogen and oxygen atoms in total. The van der Waals surface area contributed by atoms with Crippen LogP contribution in [0.2, 0.25) is 0 Å². The first-order valence-electron chi connectivity index (χ1n) is 9.67. The summed E-state index contributed by atoms with van der Waals surface area (Å²) in [5, 5.41) is 6.71. The van der Waals surface area contributed by atoms with Crippen molar-refractivity contribution in [2.24, 2.45) is 4.99 Å². The Bertz CT molecular complexity index is 576. The third kappa shape index (κ3) is 6.50. The van der Waals surface area contributed by atoms with Crippen molar-refractivity contribution in [1.82, 2.24) is 15.5 Å². The van der Waals surface area contributed by atoms with E-state index < -0.39 is 0 Å². The van der Waals surface area contributed by atoms with E-state index in [1.807, 2.05) is 12.1 Å². The molecule has 0 spiro atoms. The minimum Gasteiger partial charge on any atom is -0.493 e. The molecule has 152 valence electrons. The smallest absolute Gasteiger partial charge is 0.203 e. The van der Waals surface area contributed by atoms with Gasteiger partial charge in [-0.25, -0.2) is 0 Å². The predicted molar refractivity (Wildman–Crippen MR) is 109 cm³/mol. The fourth-order valence-corrected chi connectivity index (χ4v) is 3.32. The summed E-state index contributed by atoms with van der Waals surface area (Å²) in [5.74, 6) is 2.70. The van der Waals surface area contributed by atoms with Crippen LogP contribution in [0.3, 0.4) is 0 Å². The molecule has 1 aromatic rings. The van der Waals surface area contributed by atoms with Gasteiger partial charge in [0.1, 0.15) is 0 Å². The lowest BCUT2D eigenvalue weighted by molar-refractivity contribution is 0.323. The van der Waals surface area contributed by atoms with Crippen molar-refractivity contribution < 1.29 is 14.2 Å². The first-order chi connectivity index (χ1) is 13.2. The fourth-order valence-electron chi connectivity index (χ4n) is 3.32. The van der Waals surface area contributed by atoms with Crippen LogP contribution in [0.1, 0.15) is 31.2 Å². The topological polar surface area (TPSA) is 67.4 Å². The van der Waals surface area contributed by atoms with Gasteiger partial charge in [-0.1, -0.05) is 0 Å². The van der Waals surface area contributed by atoms with E-state index in [-0.39, 0.29) is 0 Å². The van der Waals surface area contributed by atoms with Crippen LogP contribution in [0.4, 0.5) is 0 Å². The predicted octanol–water partition coefficient (Wildman–Crippen LogP) is 2.25. The van der Waals surface area contributed by atoms with Crippen molar-refractivity contribution in [2.45, 2.75) is 32.2 Å². The first-order valence-corrected chi connectivity index (χ1v) is 9.67. The number of rotatable bonds is 10. The molecule has 2 rings (SSSR count). The van der Waals surface area contributed by atoms with Crippen molar-refractivity contribution >= 4 is 5.96 Å². The van der Waals surface area contributed by atoms with Gasteiger partial charge in [0, 0.05) is 20.1 Å². The van der Waals surface area contributed by atoms with Crippen molar-refractivity contribution in [1.29, 1.82) is 0 Å². The number of benzene rings is 1. The largest absolute Gasteiger partial charge is 0.493 e. The second-order valence-electron chi connectivity index (χ2n) is 6.64. The number of likely N-dealkylation sites (tertiary alicyclic amines) is 1. The van der Waals surface area contributed by atoms with Crippen molar-refractivity contribution in [3.63, 3.8) is 0 Å². The van der Waals surface area contributed by atoms with Crippen LogP contribution in [0.5, 0.6) is 17.2 Å². The number of hydrogen-bond acceptors (Lipinski definition) is 5. The van der Waals surface area contributed by atoms with E-state index in [4.69, 9.17) is 14.2 Å². The summed E-state index contributed by atoms with van der Waals surface area (Å²) in [5.41, 5.74) is 1.03. The third-order valence-electron chi connectivity index (χ3n) is 4.80. The minimum atomic E-state index is 0.601. The number of aliphatic imine (C=N–C) groups is 1. The zero-order chi connectivity index (χ0) is 19.5. The van der Waals surface area contributed by atoms with Crippen LogP contribution in [-0.2, 0) is 6.54 Å². The van der Waals surface area contributed by atoms with Crippen LogP contribution >= 0.6 is 0 Å². The van der Waals surface area contributed by atoms with Gasteiger partial charge >= 0.3 is 0 Å². The lowest BCUT2D eigenvalue weighted by Crippen LogP contribution is -2.37. The van der Waals surface area contributed by atoms with Gasteiger partial charge in [-0.3, -0.25) is 4.99 Å². The molecule has 0 aromatic heterocycles. The Morgan fingerprint density at radius 3 is 2.22 bits per heavy atom. The molecule has 0 bridgehead atoms. The van der Waals surface area contributed by atoms with Gasteiger partial charge in [0.05, 0.1) is 21.3 Å². The van der Waals surface area contributed by atoms with Crippen molar-refractivity contribution in [3.05, 3.63) is 17.7 Å². The van der Waals surface area contributed by atoms with E-state index in [2.05, 4.69) is 20.5 Å². The van der Waals surface area contributed by atoms with E-state index in [0.29, 0.717) is 23.8 Å². The summed E-state index contributed by atoms with van der Waals surface area (Å²) >= 11 is 0. The van der Waals surface area contributed by atoms with Gasteiger partial charge in [-0.05, 0) is 63.0 Å². The molecule has 2 N–H and O–H groups in total. The highest BCUT2D eigenvalue weighted by Gasteiger charge is 2.13. The highest BCUT2D eigenvalue weighted by atomic mass is 16.5. The van der Waals surface area contributed by atoms with Gasteiger partial charge in [0.25, 0.3) is 0 Å². The maximum absolute atomic E-state index is 5.40. The second-order valence-corrected chi connectivity index (χ2v) is 6.64. The molecule has 1 heterocycles. The normalized spacial score (nSPS) is 14.9. The van der Waals surface area contributed by atoms with Crippen molar-refractivity contribution in [2.75, 3.05) is 54.6 Å². The van der Waals surface area contributed by atoms with Gasteiger partial charge in [-0.2, -0.15) is 0 Å². The molecule has 1 aromatic carbocycles. The van der Waals surface area contributed by atoms with Crippen LogP contribution in [0.15, 0.2) is 17.1 Å². The van der Waals surface area contributed by atoms with Crippen LogP contribution in [-0.4, -0.2) is 65.4 Å². The zero-order valence-electron chi connectivity index (χ0n) is 17.1. The average Bonchev–Trinajstić information content (AvgIpc) is 3.22. The lowest BCUT2D eigenvalue weighted by atomic mass is 10.2. The standard InChI is InChI=1S/C20H34N4O3/c1-21-20(22-9-5-6-10-24-11-7-8-12-24)23-15-16-13-17(25-2)19(27-4)18(14-16)26-3/h13-14H,5-12,15H2,1-4H3,(H2,21,22,23). The van der Waals surface area contributed by atoms with Crippen LogP contribution in [0, 0.1) is 0 Å². The average molecular weight is 379 g/mol. The maximum Gasteiger partial charge on any atom is 0.203 e. The van der Waals surface area contributed by atoms with Gasteiger partial charge < -0.3 is 29.7 Å². The molecule has 0 amide bonds. The maximum atomic E-state index is 5.40. The van der Waals surface area contributed by atoms with E-state index in [9.17, 15) is 0 Å². The summed E-state index contributed by atoms with van der Waals surface area (Å²) in [7, 11) is 6.64. The van der Waals surface area contributed by atoms with Crippen molar-refractivity contribution in [3.8, 4) is 17.2 Å². The van der Waals surface area contributed by atoms with E-state index in [0.717, 1.165) is 24.5 Å². The summed E-state index contributed by atoms with van der Waals surface area (Å²) in [4.78, 5) is 6.85. The Balaban J connectivity index is 1.77. The molecule has 0 atom stereocenters. The molecule has 7 heteroatoms. The summed E-state index contributed by atoms with van der Waals surface area (Å²) in [6.45, 7) is 5.28. The molecule has 1 aliphatic rings. The number of nitrogens with zero attached hydrogens (tertiary/aromatic N) is 2. The second kappa shape index (κ2) is 11.5. The third-order valence-corrected chi connectivity index (χ3v) is 4.80. The van der Waals surface area contributed by atoms with Gasteiger partial charge in [0.2, 0.25) is 5.75 Å². The lowest BCUT2D eigenvalue weighted by Gasteiger charge is -2.16. The molecule has 0 unspecified atom stereocenters. The molecule has 0 saturated carbocycles. The number of methoxy groups -OCH3 is 3. The van der Waals surface area contributed by atoms with E-state index in [1.165, 1.54) is 38.9 Å². The molecule has 0 radical (unpaired) electrons. The summed E-state index contributed by atoms with van der Waals surface area (Å²) in [6.07, 6.45) is 5.07.